The van der Waals surface area contributed by atoms with Gasteiger partial charge in [0.2, 0.25) is 0 Å². The molecule has 0 aliphatic heterocycles. The number of aromatic nitrogens is 1. The maximum Gasteiger partial charge on any atom is 0.142 e. The van der Waals surface area contributed by atoms with E-state index in [0.29, 0.717) is 16.8 Å². The van der Waals surface area contributed by atoms with E-state index < -0.39 is 5.82 Å². The van der Waals surface area contributed by atoms with E-state index in [-0.39, 0.29) is 11.7 Å². The molecule has 0 saturated heterocycles. The summed E-state index contributed by atoms with van der Waals surface area (Å²) in [5, 5.41) is 0. The molecule has 16 heavy (non-hydrogen) atoms. The lowest BCUT2D eigenvalue weighted by molar-refractivity contribution is 0.620. The first kappa shape index (κ1) is 11.0. The molecule has 0 aliphatic rings. The van der Waals surface area contributed by atoms with Crippen LogP contribution >= 0.6 is 11.6 Å². The summed E-state index contributed by atoms with van der Waals surface area (Å²) in [6.07, 6.45) is 1.12. The monoisotopic (exact) mass is 239 g/mol. The highest BCUT2D eigenvalue weighted by atomic mass is 35.5. The zero-order chi connectivity index (χ0) is 11.5. The van der Waals surface area contributed by atoms with E-state index in [1.54, 1.807) is 12.1 Å². The number of hydrogen-bond donors (Lipinski definition) is 0. The minimum absolute atomic E-state index is 0.187. The zero-order valence-electron chi connectivity index (χ0n) is 8.25. The van der Waals surface area contributed by atoms with Crippen LogP contribution in [0, 0.1) is 11.6 Å². The second-order valence-electron chi connectivity index (χ2n) is 3.29. The Balaban J connectivity index is 2.53. The van der Waals surface area contributed by atoms with Crippen LogP contribution in [0.15, 0.2) is 36.5 Å². The number of hydrogen-bond acceptors (Lipinski definition) is 1. The zero-order valence-corrected chi connectivity index (χ0v) is 9.01. The van der Waals surface area contributed by atoms with Gasteiger partial charge >= 0.3 is 0 Å². The Bertz CT molecular complexity index is 497. The molecular weight excluding hydrogens is 232 g/mol. The Hall–Kier alpha value is -1.48. The third-order valence-electron chi connectivity index (χ3n) is 2.22. The number of pyridine rings is 1. The van der Waals surface area contributed by atoms with E-state index in [4.69, 9.17) is 11.6 Å². The predicted molar refractivity (Wildman–Crippen MR) is 59.1 cm³/mol. The summed E-state index contributed by atoms with van der Waals surface area (Å²) in [7, 11) is 0. The Kier molecular flexibility index (Phi) is 3.15. The largest absolute Gasteiger partial charge is 0.256 e. The quantitative estimate of drug-likeness (QED) is 0.727. The maximum absolute atomic E-state index is 13.1. The molecule has 0 amide bonds. The van der Waals surface area contributed by atoms with Crippen molar-refractivity contribution in [1.82, 2.24) is 4.98 Å². The lowest BCUT2D eigenvalue weighted by Gasteiger charge is -2.06. The summed E-state index contributed by atoms with van der Waals surface area (Å²) in [5.74, 6) is -0.582. The molecule has 1 heterocycles. The van der Waals surface area contributed by atoms with Gasteiger partial charge in [0.25, 0.3) is 0 Å². The fourth-order valence-corrected chi connectivity index (χ4v) is 1.67. The van der Waals surface area contributed by atoms with Crippen LogP contribution < -0.4 is 0 Å². The van der Waals surface area contributed by atoms with Crippen molar-refractivity contribution in [1.29, 1.82) is 0 Å². The lowest BCUT2D eigenvalue weighted by Crippen LogP contribution is -1.92. The number of nitrogens with zero attached hydrogens (tertiary/aromatic N) is 1. The molecule has 1 nitrogen and oxygen atoms in total. The van der Waals surface area contributed by atoms with Gasteiger partial charge in [0.15, 0.2) is 0 Å². The number of rotatable bonds is 2. The molecule has 0 aliphatic carbocycles. The van der Waals surface area contributed by atoms with Crippen LogP contribution in [0.3, 0.4) is 0 Å². The summed E-state index contributed by atoms with van der Waals surface area (Å²) >= 11 is 5.71. The third-order valence-corrected chi connectivity index (χ3v) is 2.47. The van der Waals surface area contributed by atoms with Crippen LogP contribution in [0.1, 0.15) is 5.69 Å². The highest BCUT2D eigenvalue weighted by Gasteiger charge is 2.07. The average Bonchev–Trinajstić information content (AvgIpc) is 2.30. The molecule has 1 aromatic heterocycles. The molecule has 0 fully saturated rings. The van der Waals surface area contributed by atoms with E-state index >= 15 is 0 Å². The molecule has 0 saturated carbocycles. The first-order valence-electron chi connectivity index (χ1n) is 4.67. The van der Waals surface area contributed by atoms with Crippen molar-refractivity contribution in [2.75, 3.05) is 0 Å². The van der Waals surface area contributed by atoms with E-state index in [1.165, 1.54) is 18.2 Å². The summed E-state index contributed by atoms with van der Waals surface area (Å²) in [6.45, 7) is 0. The van der Waals surface area contributed by atoms with Gasteiger partial charge in [-0.05, 0) is 23.8 Å². The fourth-order valence-electron chi connectivity index (χ4n) is 1.45. The van der Waals surface area contributed by atoms with Crippen LogP contribution in [0.2, 0.25) is 0 Å². The molecule has 2 aromatic rings. The van der Waals surface area contributed by atoms with Crippen LogP contribution in [0.5, 0.6) is 0 Å². The molecule has 0 N–H and O–H groups in total. The second kappa shape index (κ2) is 4.58. The molecule has 4 heteroatoms. The summed E-state index contributed by atoms with van der Waals surface area (Å²) in [6, 6.07) is 7.12. The van der Waals surface area contributed by atoms with Crippen molar-refractivity contribution in [3.8, 4) is 11.1 Å². The van der Waals surface area contributed by atoms with Crippen molar-refractivity contribution in [2.45, 2.75) is 5.88 Å². The first-order chi connectivity index (χ1) is 7.70. The average molecular weight is 240 g/mol. The molecule has 0 unspecified atom stereocenters. The van der Waals surface area contributed by atoms with Crippen molar-refractivity contribution >= 4 is 11.6 Å². The normalized spacial score (nSPS) is 10.4. The summed E-state index contributed by atoms with van der Waals surface area (Å²) in [4.78, 5) is 3.89. The van der Waals surface area contributed by atoms with E-state index in [0.717, 1.165) is 6.20 Å². The van der Waals surface area contributed by atoms with Crippen LogP contribution in [0.4, 0.5) is 8.78 Å². The van der Waals surface area contributed by atoms with Gasteiger partial charge in [-0.2, -0.15) is 0 Å². The van der Waals surface area contributed by atoms with Crippen LogP contribution in [-0.2, 0) is 5.88 Å². The van der Waals surface area contributed by atoms with Crippen molar-refractivity contribution in [3.63, 3.8) is 0 Å². The smallest absolute Gasteiger partial charge is 0.142 e. The SMILES string of the molecule is Fc1ccc(-c2cc(F)cnc2CCl)cc1. The first-order valence-corrected chi connectivity index (χ1v) is 5.20. The van der Waals surface area contributed by atoms with Crippen molar-refractivity contribution in [2.24, 2.45) is 0 Å². The molecule has 1 aromatic carbocycles. The highest BCUT2D eigenvalue weighted by Crippen LogP contribution is 2.24. The van der Waals surface area contributed by atoms with E-state index in [1.807, 2.05) is 0 Å². The van der Waals surface area contributed by atoms with Gasteiger partial charge in [0.1, 0.15) is 11.6 Å². The Labute approximate surface area is 96.7 Å². The fraction of sp³-hybridized carbons (Fsp3) is 0.0833. The minimum Gasteiger partial charge on any atom is -0.256 e. The van der Waals surface area contributed by atoms with Crippen LogP contribution in [0.25, 0.3) is 11.1 Å². The van der Waals surface area contributed by atoms with Gasteiger partial charge in [-0.3, -0.25) is 4.98 Å². The highest BCUT2D eigenvalue weighted by molar-refractivity contribution is 6.17. The molecule has 2 rings (SSSR count). The molecule has 0 spiro atoms. The van der Waals surface area contributed by atoms with Gasteiger partial charge in [0, 0.05) is 5.56 Å². The maximum atomic E-state index is 13.1. The third kappa shape index (κ3) is 2.19. The summed E-state index contributed by atoms with van der Waals surface area (Å²) < 4.78 is 25.8. The predicted octanol–water partition coefficient (Wildman–Crippen LogP) is 3.77. The van der Waals surface area contributed by atoms with E-state index in [2.05, 4.69) is 4.98 Å². The summed E-state index contributed by atoms with van der Waals surface area (Å²) in [5.41, 5.74) is 1.87. The van der Waals surface area contributed by atoms with Gasteiger partial charge in [-0.25, -0.2) is 8.78 Å². The minimum atomic E-state index is -0.437. The lowest BCUT2D eigenvalue weighted by atomic mass is 10.0. The van der Waals surface area contributed by atoms with Gasteiger partial charge < -0.3 is 0 Å². The molecule has 0 atom stereocenters. The molecule has 82 valence electrons. The van der Waals surface area contributed by atoms with Crippen LogP contribution in [-0.4, -0.2) is 4.98 Å². The molecule has 0 bridgehead atoms. The topological polar surface area (TPSA) is 12.9 Å². The van der Waals surface area contributed by atoms with Crippen molar-refractivity contribution < 1.29 is 8.78 Å². The number of halogens is 3. The van der Waals surface area contributed by atoms with Gasteiger partial charge in [-0.15, -0.1) is 11.6 Å². The molecular formula is C12H8ClF2N. The van der Waals surface area contributed by atoms with Gasteiger partial charge in [0.05, 0.1) is 17.8 Å². The Morgan fingerprint density at radius 3 is 2.38 bits per heavy atom. The van der Waals surface area contributed by atoms with Gasteiger partial charge in [-0.1, -0.05) is 12.1 Å². The molecule has 0 radical (unpaired) electrons. The Morgan fingerprint density at radius 1 is 1.06 bits per heavy atom. The Morgan fingerprint density at radius 2 is 1.75 bits per heavy atom. The number of alkyl halides is 1. The standard InChI is InChI=1S/C12H8ClF2N/c13-6-12-11(5-10(15)7-16-12)8-1-3-9(14)4-2-8/h1-5,7H,6H2. The van der Waals surface area contributed by atoms with E-state index in [9.17, 15) is 8.78 Å². The number of benzene rings is 1. The van der Waals surface area contributed by atoms with Crippen molar-refractivity contribution in [3.05, 3.63) is 53.9 Å². The second-order valence-corrected chi connectivity index (χ2v) is 3.56.